The molecular weight excluding hydrogens is 454 g/mol. The van der Waals surface area contributed by atoms with Crippen LogP contribution in [0.1, 0.15) is 18.9 Å². The number of nitrogens with zero attached hydrogens (tertiary/aromatic N) is 2. The summed E-state index contributed by atoms with van der Waals surface area (Å²) >= 11 is 0. The number of hydrogen-bond donors (Lipinski definition) is 3. The molecule has 1 aliphatic heterocycles. The Labute approximate surface area is 197 Å². The average molecular weight is 484 g/mol. The zero-order valence-electron chi connectivity index (χ0n) is 18.3. The van der Waals surface area contributed by atoms with Crippen molar-refractivity contribution in [3.05, 3.63) is 34.7 Å². The van der Waals surface area contributed by atoms with E-state index in [0.717, 1.165) is 4.68 Å². The van der Waals surface area contributed by atoms with E-state index in [9.17, 15) is 14.4 Å². The van der Waals surface area contributed by atoms with Crippen LogP contribution < -0.4 is 21.9 Å². The molecule has 33 heavy (non-hydrogen) atoms. The van der Waals surface area contributed by atoms with Crippen molar-refractivity contribution >= 4 is 40.7 Å². The topological polar surface area (TPSA) is 147 Å². The van der Waals surface area contributed by atoms with E-state index < -0.39 is 11.9 Å². The van der Waals surface area contributed by atoms with Gasteiger partial charge in [0.1, 0.15) is 6.04 Å². The molecule has 1 aliphatic rings. The Morgan fingerprint density at radius 2 is 1.76 bits per heavy atom. The first kappa shape index (κ1) is 26.7. The third-order valence-electron chi connectivity index (χ3n) is 4.91. The number of carbonyl (C=O) groups is 2. The average Bonchev–Trinajstić information content (AvgIpc) is 2.78. The minimum atomic E-state index is -0.804. The predicted octanol–water partition coefficient (Wildman–Crippen LogP) is 0.216. The highest BCUT2D eigenvalue weighted by molar-refractivity contribution is 5.99. The van der Waals surface area contributed by atoms with Crippen LogP contribution in [0.25, 0.3) is 10.8 Å². The van der Waals surface area contributed by atoms with Gasteiger partial charge in [0.25, 0.3) is 11.5 Å². The standard InChI is InChI=1S/C21H29N5O6.ClH/c22-6-8-30-10-12-32-13-11-31-9-7-23-16-3-1-2-15-14-24-26(21(29)19(15)16)17-4-5-18(27)25-20(17)28;/h1-3,14,17,23H,4-13,22H2,(H,25,27,28);1H. The van der Waals surface area contributed by atoms with Crippen molar-refractivity contribution in [2.24, 2.45) is 5.73 Å². The van der Waals surface area contributed by atoms with Gasteiger partial charge in [-0.05, 0) is 12.5 Å². The molecule has 3 rings (SSSR count). The molecule has 0 radical (unpaired) electrons. The van der Waals surface area contributed by atoms with Crippen LogP contribution in [0, 0.1) is 0 Å². The predicted molar refractivity (Wildman–Crippen MR) is 125 cm³/mol. The smallest absolute Gasteiger partial charge is 0.277 e. The fourth-order valence-electron chi connectivity index (χ4n) is 3.38. The van der Waals surface area contributed by atoms with Crippen molar-refractivity contribution < 1.29 is 23.8 Å². The number of nitrogens with two attached hydrogens (primary N) is 1. The Morgan fingerprint density at radius 3 is 2.45 bits per heavy atom. The number of aromatic nitrogens is 2. The first-order chi connectivity index (χ1) is 15.6. The number of imide groups is 1. The van der Waals surface area contributed by atoms with Gasteiger partial charge in [-0.25, -0.2) is 4.68 Å². The highest BCUT2D eigenvalue weighted by atomic mass is 35.5. The normalized spacial score (nSPS) is 15.8. The summed E-state index contributed by atoms with van der Waals surface area (Å²) in [6.07, 6.45) is 1.97. The molecular formula is C21H30ClN5O6. The summed E-state index contributed by atoms with van der Waals surface area (Å²) in [6.45, 7) is 3.83. The Hall–Kier alpha value is -2.57. The summed E-state index contributed by atoms with van der Waals surface area (Å²) in [4.78, 5) is 36.7. The quantitative estimate of drug-likeness (QED) is 0.269. The number of benzene rings is 1. The van der Waals surface area contributed by atoms with Crippen molar-refractivity contribution in [2.75, 3.05) is 58.0 Å². The monoisotopic (exact) mass is 483 g/mol. The second-order valence-electron chi connectivity index (χ2n) is 7.18. The van der Waals surface area contributed by atoms with Gasteiger partial charge in [0.15, 0.2) is 0 Å². The number of ether oxygens (including phenoxy) is 3. The number of piperidine rings is 1. The van der Waals surface area contributed by atoms with Crippen LogP contribution in [0.5, 0.6) is 0 Å². The highest BCUT2D eigenvalue weighted by Gasteiger charge is 2.30. The number of carbonyl (C=O) groups excluding carboxylic acids is 2. The van der Waals surface area contributed by atoms with Crippen molar-refractivity contribution in [1.82, 2.24) is 15.1 Å². The lowest BCUT2D eigenvalue weighted by molar-refractivity contribution is -0.136. The summed E-state index contributed by atoms with van der Waals surface area (Å²) in [5.74, 6) is -0.852. The molecule has 2 amide bonds. The van der Waals surface area contributed by atoms with Crippen molar-refractivity contribution in [3.63, 3.8) is 0 Å². The minimum absolute atomic E-state index is 0. The fraction of sp³-hybridized carbons (Fsp3) is 0.524. The maximum Gasteiger partial charge on any atom is 0.277 e. The van der Waals surface area contributed by atoms with Gasteiger partial charge in [-0.2, -0.15) is 5.10 Å². The molecule has 1 atom stereocenters. The van der Waals surface area contributed by atoms with E-state index >= 15 is 0 Å². The van der Waals surface area contributed by atoms with Gasteiger partial charge in [0, 0.05) is 30.6 Å². The van der Waals surface area contributed by atoms with Crippen molar-refractivity contribution in [3.8, 4) is 0 Å². The fourth-order valence-corrected chi connectivity index (χ4v) is 3.38. The summed E-state index contributed by atoms with van der Waals surface area (Å²) in [7, 11) is 0. The molecule has 4 N–H and O–H groups in total. The first-order valence-corrected chi connectivity index (χ1v) is 10.6. The largest absolute Gasteiger partial charge is 0.382 e. The number of hydrogen-bond acceptors (Lipinski definition) is 9. The molecule has 0 bridgehead atoms. The lowest BCUT2D eigenvalue weighted by Crippen LogP contribution is -2.45. The zero-order valence-corrected chi connectivity index (χ0v) is 19.1. The molecule has 2 aromatic rings. The van der Waals surface area contributed by atoms with E-state index in [4.69, 9.17) is 19.9 Å². The third-order valence-corrected chi connectivity index (χ3v) is 4.91. The SMILES string of the molecule is Cl.NCCOCCOCCOCCNc1cccc2cnn(C3CCC(=O)NC3=O)c(=O)c12. The van der Waals surface area contributed by atoms with Gasteiger partial charge >= 0.3 is 0 Å². The zero-order chi connectivity index (χ0) is 22.8. The molecule has 182 valence electrons. The summed E-state index contributed by atoms with van der Waals surface area (Å²) in [5, 5.41) is 10.7. The molecule has 1 fully saturated rings. The van der Waals surface area contributed by atoms with Crippen LogP contribution in [0.4, 0.5) is 5.69 Å². The van der Waals surface area contributed by atoms with E-state index in [1.165, 1.54) is 0 Å². The van der Waals surface area contributed by atoms with Crippen LogP contribution in [-0.2, 0) is 23.8 Å². The molecule has 1 aromatic heterocycles. The molecule has 0 spiro atoms. The van der Waals surface area contributed by atoms with Gasteiger partial charge < -0.3 is 25.3 Å². The number of fused-ring (bicyclic) bond motifs is 1. The Morgan fingerprint density at radius 1 is 1.06 bits per heavy atom. The lowest BCUT2D eigenvalue weighted by Gasteiger charge is -2.22. The van der Waals surface area contributed by atoms with Gasteiger partial charge in [-0.15, -0.1) is 12.4 Å². The van der Waals surface area contributed by atoms with Gasteiger partial charge in [0.2, 0.25) is 5.91 Å². The van der Waals surface area contributed by atoms with E-state index in [0.29, 0.717) is 69.2 Å². The third kappa shape index (κ3) is 7.47. The van der Waals surface area contributed by atoms with Gasteiger partial charge in [-0.1, -0.05) is 12.1 Å². The number of nitrogens with one attached hydrogen (secondary N) is 2. The van der Waals surface area contributed by atoms with Crippen LogP contribution >= 0.6 is 12.4 Å². The number of anilines is 1. The molecule has 12 heteroatoms. The van der Waals surface area contributed by atoms with Crippen LogP contribution in [0.15, 0.2) is 29.2 Å². The molecule has 1 saturated heterocycles. The Bertz CT molecular complexity index is 985. The van der Waals surface area contributed by atoms with E-state index in [-0.39, 0.29) is 36.7 Å². The van der Waals surface area contributed by atoms with Gasteiger partial charge in [0.05, 0.1) is 51.2 Å². The molecule has 1 unspecified atom stereocenters. The minimum Gasteiger partial charge on any atom is -0.382 e. The summed E-state index contributed by atoms with van der Waals surface area (Å²) in [6, 6.07) is 4.60. The van der Waals surface area contributed by atoms with Crippen LogP contribution in [0.3, 0.4) is 0 Å². The lowest BCUT2D eigenvalue weighted by atomic mass is 10.1. The Kier molecular flexibility index (Phi) is 11.2. The highest BCUT2D eigenvalue weighted by Crippen LogP contribution is 2.21. The molecule has 0 aliphatic carbocycles. The van der Waals surface area contributed by atoms with Crippen molar-refractivity contribution in [1.29, 1.82) is 0 Å². The number of halogens is 1. The summed E-state index contributed by atoms with van der Waals surface area (Å²) in [5.41, 5.74) is 5.58. The van der Waals surface area contributed by atoms with E-state index in [2.05, 4.69) is 15.7 Å². The van der Waals surface area contributed by atoms with Gasteiger partial charge in [-0.3, -0.25) is 19.7 Å². The summed E-state index contributed by atoms with van der Waals surface area (Å²) < 4.78 is 17.3. The second-order valence-corrected chi connectivity index (χ2v) is 7.18. The van der Waals surface area contributed by atoms with Crippen LogP contribution in [0.2, 0.25) is 0 Å². The first-order valence-electron chi connectivity index (χ1n) is 10.6. The number of amides is 2. The molecule has 1 aromatic carbocycles. The Balaban J connectivity index is 0.00000385. The second kappa shape index (κ2) is 13.9. The van der Waals surface area contributed by atoms with E-state index in [1.807, 2.05) is 6.07 Å². The molecule has 0 saturated carbocycles. The van der Waals surface area contributed by atoms with Crippen LogP contribution in [-0.4, -0.2) is 74.3 Å². The van der Waals surface area contributed by atoms with Crippen molar-refractivity contribution in [2.45, 2.75) is 18.9 Å². The molecule has 11 nitrogen and oxygen atoms in total. The molecule has 2 heterocycles. The van der Waals surface area contributed by atoms with E-state index in [1.54, 1.807) is 18.3 Å². The maximum absolute atomic E-state index is 13.1. The number of rotatable bonds is 13. The maximum atomic E-state index is 13.1.